The minimum atomic E-state index is -3.05. The van der Waals surface area contributed by atoms with Crippen molar-refractivity contribution in [1.82, 2.24) is 0 Å². The minimum absolute atomic E-state index is 0.338. The van der Waals surface area contributed by atoms with Crippen molar-refractivity contribution < 1.29 is 5.11 Å². The second-order valence-corrected chi connectivity index (χ2v) is 13.4. The van der Waals surface area contributed by atoms with Crippen LogP contribution in [0.3, 0.4) is 0 Å². The van der Waals surface area contributed by atoms with Crippen LogP contribution >= 0.6 is 0 Å². The van der Waals surface area contributed by atoms with E-state index in [1.807, 2.05) is 48.5 Å². The molecule has 4 aromatic rings. The Balaban J connectivity index is 2.04. The van der Waals surface area contributed by atoms with E-state index in [0.29, 0.717) is 5.76 Å². The molecule has 0 radical (unpaired) electrons. The summed E-state index contributed by atoms with van der Waals surface area (Å²) in [7, 11) is 0. The predicted octanol–water partition coefficient (Wildman–Crippen LogP) is 4.30. The first-order chi connectivity index (χ1) is 13.8. The van der Waals surface area contributed by atoms with Crippen LogP contribution in [0.2, 0.25) is 0 Å². The molecule has 1 nitrogen and oxygen atoms in total. The van der Waals surface area contributed by atoms with Gasteiger partial charge in [0, 0.05) is 0 Å². The van der Waals surface area contributed by atoms with E-state index >= 15 is 0 Å². The SMILES string of the molecule is O/C(=C\[As+](c1ccccc1)(c1ccccc1)c1ccccc1)c1ccccc1. The summed E-state index contributed by atoms with van der Waals surface area (Å²) in [6.45, 7) is 0. The van der Waals surface area contributed by atoms with Crippen LogP contribution in [-0.4, -0.2) is 18.7 Å². The van der Waals surface area contributed by atoms with Crippen LogP contribution in [0.5, 0.6) is 0 Å². The Kier molecular flexibility index (Phi) is 5.46. The Morgan fingerprint density at radius 3 is 1.18 bits per heavy atom. The molecular formula is C26H22AsO+. The van der Waals surface area contributed by atoms with Crippen LogP contribution in [0.1, 0.15) is 5.56 Å². The van der Waals surface area contributed by atoms with Gasteiger partial charge in [0.1, 0.15) is 0 Å². The van der Waals surface area contributed by atoms with E-state index in [1.165, 1.54) is 13.1 Å². The maximum absolute atomic E-state index is 11.1. The molecule has 0 fully saturated rings. The Labute approximate surface area is 169 Å². The number of hydrogen-bond acceptors (Lipinski definition) is 1. The molecule has 0 aliphatic carbocycles. The molecule has 28 heavy (non-hydrogen) atoms. The van der Waals surface area contributed by atoms with Crippen molar-refractivity contribution in [2.75, 3.05) is 0 Å². The zero-order valence-corrected chi connectivity index (χ0v) is 17.4. The predicted molar refractivity (Wildman–Crippen MR) is 121 cm³/mol. The van der Waals surface area contributed by atoms with Crippen LogP contribution in [0.4, 0.5) is 0 Å². The van der Waals surface area contributed by atoms with E-state index < -0.39 is 13.6 Å². The van der Waals surface area contributed by atoms with Crippen molar-refractivity contribution in [3.8, 4) is 0 Å². The van der Waals surface area contributed by atoms with E-state index in [9.17, 15) is 5.11 Å². The monoisotopic (exact) mass is 425 g/mol. The molecule has 0 aromatic heterocycles. The summed E-state index contributed by atoms with van der Waals surface area (Å²) in [5, 5.41) is 11.1. The fraction of sp³-hybridized carbons (Fsp3) is 0. The van der Waals surface area contributed by atoms with Crippen LogP contribution in [0, 0.1) is 0 Å². The number of benzene rings is 4. The molecule has 136 valence electrons. The summed E-state index contributed by atoms with van der Waals surface area (Å²) in [4.78, 5) is 2.15. The standard InChI is InChI=1S/C26H21AsO/c28-26(22-13-5-1-6-14-22)21-27(23-15-7-2-8-16-23,24-17-9-3-10-18-24)25-19-11-4-12-20-25/h1-21H/p+1/b26-21-. The van der Waals surface area contributed by atoms with Gasteiger partial charge in [-0.15, -0.1) is 0 Å². The Hall–Kier alpha value is -3.02. The molecule has 0 amide bonds. The average Bonchev–Trinajstić information content (AvgIpc) is 2.80. The van der Waals surface area contributed by atoms with E-state index in [4.69, 9.17) is 0 Å². The zero-order chi connectivity index (χ0) is 19.2. The third-order valence-corrected chi connectivity index (χ3v) is 13.2. The maximum atomic E-state index is 11.1. The molecular weight excluding hydrogens is 403 g/mol. The summed E-state index contributed by atoms with van der Waals surface area (Å²) in [6.07, 6.45) is 0. The molecule has 0 heterocycles. The van der Waals surface area contributed by atoms with Gasteiger partial charge in [0.15, 0.2) is 0 Å². The first-order valence-corrected chi connectivity index (χ1v) is 13.2. The molecule has 1 N–H and O–H groups in total. The van der Waals surface area contributed by atoms with Gasteiger partial charge >= 0.3 is 169 Å². The van der Waals surface area contributed by atoms with Gasteiger partial charge in [-0.05, 0) is 0 Å². The average molecular weight is 425 g/mol. The molecule has 0 saturated carbocycles. The first-order valence-electron chi connectivity index (χ1n) is 9.33. The summed E-state index contributed by atoms with van der Waals surface area (Å²) in [5.41, 5.74) is 0.844. The van der Waals surface area contributed by atoms with Gasteiger partial charge in [-0.2, -0.15) is 0 Å². The van der Waals surface area contributed by atoms with Crippen molar-refractivity contribution in [1.29, 1.82) is 0 Å². The Morgan fingerprint density at radius 2 is 0.821 bits per heavy atom. The van der Waals surface area contributed by atoms with Crippen LogP contribution in [0.15, 0.2) is 126 Å². The Morgan fingerprint density at radius 1 is 0.500 bits per heavy atom. The summed E-state index contributed by atoms with van der Waals surface area (Å²) < 4.78 is 3.83. The number of hydrogen-bond donors (Lipinski definition) is 1. The van der Waals surface area contributed by atoms with Crippen molar-refractivity contribution in [2.45, 2.75) is 0 Å². The molecule has 0 aliphatic rings. The second kappa shape index (κ2) is 8.33. The normalized spacial score (nSPS) is 11.9. The van der Waals surface area contributed by atoms with Crippen LogP contribution < -0.4 is 13.1 Å². The molecule has 4 aromatic carbocycles. The number of rotatable bonds is 5. The fourth-order valence-corrected chi connectivity index (χ4v) is 11.5. The van der Waals surface area contributed by atoms with Gasteiger partial charge in [-0.1, -0.05) is 0 Å². The first kappa shape index (κ1) is 18.3. The van der Waals surface area contributed by atoms with Crippen LogP contribution in [0.25, 0.3) is 5.76 Å². The third kappa shape index (κ3) is 3.54. The number of aliphatic hydroxyl groups excluding tert-OH is 1. The molecule has 0 spiro atoms. The zero-order valence-electron chi connectivity index (χ0n) is 15.5. The van der Waals surface area contributed by atoms with Gasteiger partial charge < -0.3 is 0 Å². The van der Waals surface area contributed by atoms with E-state index in [1.54, 1.807) is 0 Å². The van der Waals surface area contributed by atoms with Gasteiger partial charge in [0.05, 0.1) is 0 Å². The van der Waals surface area contributed by atoms with Gasteiger partial charge in [-0.3, -0.25) is 0 Å². The van der Waals surface area contributed by atoms with Crippen molar-refractivity contribution >= 4 is 32.4 Å². The van der Waals surface area contributed by atoms with Crippen molar-refractivity contribution in [3.63, 3.8) is 0 Å². The van der Waals surface area contributed by atoms with E-state index in [0.717, 1.165) is 5.56 Å². The fourth-order valence-electron chi connectivity index (χ4n) is 3.53. The number of aliphatic hydroxyl groups is 1. The molecule has 0 bridgehead atoms. The van der Waals surface area contributed by atoms with Crippen molar-refractivity contribution in [3.05, 3.63) is 132 Å². The van der Waals surface area contributed by atoms with Gasteiger partial charge in [0.2, 0.25) is 0 Å². The quantitative estimate of drug-likeness (QED) is 0.374. The topological polar surface area (TPSA) is 20.2 Å². The van der Waals surface area contributed by atoms with Crippen molar-refractivity contribution in [2.24, 2.45) is 0 Å². The van der Waals surface area contributed by atoms with Gasteiger partial charge in [0.25, 0.3) is 0 Å². The van der Waals surface area contributed by atoms with Gasteiger partial charge in [-0.25, -0.2) is 0 Å². The molecule has 2 heteroatoms. The molecule has 4 rings (SSSR count). The van der Waals surface area contributed by atoms with E-state index in [-0.39, 0.29) is 0 Å². The second-order valence-electron chi connectivity index (χ2n) is 6.61. The summed E-state index contributed by atoms with van der Waals surface area (Å²) in [5.74, 6) is 0.338. The molecule has 0 unspecified atom stereocenters. The van der Waals surface area contributed by atoms with E-state index in [2.05, 4.69) is 77.7 Å². The molecule has 0 atom stereocenters. The Bertz CT molecular complexity index is 946. The van der Waals surface area contributed by atoms with Crippen LogP contribution in [-0.2, 0) is 0 Å². The summed E-state index contributed by atoms with van der Waals surface area (Å²) >= 11 is -3.05. The third-order valence-electron chi connectivity index (χ3n) is 4.88. The summed E-state index contributed by atoms with van der Waals surface area (Å²) in [6, 6.07) is 41.6. The molecule has 0 saturated heterocycles. The molecule has 0 aliphatic heterocycles.